The quantitative estimate of drug-likeness (QED) is 0.187. The maximum absolute atomic E-state index is 14.6. The van der Waals surface area contributed by atoms with Crippen molar-refractivity contribution in [3.8, 4) is 0 Å². The van der Waals surface area contributed by atoms with Gasteiger partial charge >= 0.3 is 152 Å². The molecule has 1 atom stereocenters. The van der Waals surface area contributed by atoms with Crippen LogP contribution in [0.3, 0.4) is 0 Å². The summed E-state index contributed by atoms with van der Waals surface area (Å²) in [5.74, 6) is -11.1. The molecule has 0 saturated heterocycles. The van der Waals surface area contributed by atoms with Gasteiger partial charge in [-0.2, -0.15) is 0 Å². The maximum atomic E-state index is 14.6. The topological polar surface area (TPSA) is 0 Å². The van der Waals surface area contributed by atoms with Gasteiger partial charge < -0.3 is 0 Å². The first-order valence-electron chi connectivity index (χ1n) is 7.23. The van der Waals surface area contributed by atoms with Gasteiger partial charge in [0.15, 0.2) is 0 Å². The van der Waals surface area contributed by atoms with Crippen LogP contribution in [0.5, 0.6) is 0 Å². The van der Waals surface area contributed by atoms with E-state index in [4.69, 9.17) is 0 Å². The Balaban J connectivity index is 2.50. The number of benzene rings is 3. The fraction of sp³-hybridized carbons (Fsp3) is 0. The minimum atomic E-state index is -3.61. The van der Waals surface area contributed by atoms with Crippen LogP contribution < -0.4 is 15.9 Å². The van der Waals surface area contributed by atoms with Crippen LogP contribution in [0.15, 0.2) is 54.6 Å². The Labute approximate surface area is 152 Å². The Morgan fingerprint density at radius 3 is 1.58 bits per heavy atom. The molecule has 0 aliphatic rings. The fourth-order valence-corrected chi connectivity index (χ4v) is 8.10. The van der Waals surface area contributed by atoms with Crippen molar-refractivity contribution in [1.29, 1.82) is 0 Å². The van der Waals surface area contributed by atoms with Crippen LogP contribution in [0.25, 0.3) is 0 Å². The average Bonchev–Trinajstić information content (AvgIpc) is 2.66. The third-order valence-electron chi connectivity index (χ3n) is 3.81. The molecule has 0 N–H and O–H groups in total. The first-order chi connectivity index (χ1) is 12.3. The molecule has 3 rings (SSSR count). The van der Waals surface area contributed by atoms with E-state index in [0.29, 0.717) is 0 Å². The van der Waals surface area contributed by atoms with Gasteiger partial charge in [0.05, 0.1) is 0 Å². The first-order valence-corrected chi connectivity index (χ1v) is 11.2. The summed E-state index contributed by atoms with van der Waals surface area (Å²) in [6.45, 7) is 0. The van der Waals surface area contributed by atoms with E-state index in [1.165, 1.54) is 42.5 Å². The third-order valence-corrected chi connectivity index (χ3v) is 10.6. The summed E-state index contributed by atoms with van der Waals surface area (Å²) < 4.78 is 84.7. The van der Waals surface area contributed by atoms with Crippen LogP contribution in [-0.4, -0.2) is 15.1 Å². The average molecular weight is 449 g/mol. The van der Waals surface area contributed by atoms with Gasteiger partial charge in [-0.25, -0.2) is 0 Å². The second-order valence-electron chi connectivity index (χ2n) is 5.31. The van der Waals surface area contributed by atoms with Crippen LogP contribution in [0.1, 0.15) is 0 Å². The van der Waals surface area contributed by atoms with Gasteiger partial charge in [0.1, 0.15) is 0 Å². The van der Waals surface area contributed by atoms with Crippen molar-refractivity contribution in [2.24, 2.45) is 0 Å². The Morgan fingerprint density at radius 2 is 1.04 bits per heavy atom. The van der Waals surface area contributed by atoms with Crippen LogP contribution in [0.4, 0.5) is 26.3 Å². The van der Waals surface area contributed by atoms with E-state index in [1.54, 1.807) is 6.07 Å². The number of rotatable bonds is 3. The minimum absolute atomic E-state index is 0.158. The second kappa shape index (κ2) is 7.07. The molecule has 134 valence electrons. The molecule has 3 aromatic carbocycles. The summed E-state index contributed by atoms with van der Waals surface area (Å²) in [7, 11) is 0. The first kappa shape index (κ1) is 19.0. The van der Waals surface area contributed by atoms with Crippen LogP contribution in [0, 0.1) is 34.9 Å². The Hall–Kier alpha value is -1.81. The van der Waals surface area contributed by atoms with Crippen molar-refractivity contribution >= 4 is 36.5 Å². The molecule has 0 bridgehead atoms. The van der Waals surface area contributed by atoms with Crippen molar-refractivity contribution in [2.75, 3.05) is 0 Å². The molecule has 8 heteroatoms. The summed E-state index contributed by atoms with van der Waals surface area (Å²) in [6.07, 6.45) is 0. The molecule has 0 aromatic heterocycles. The van der Waals surface area contributed by atoms with E-state index < -0.39 is 45.7 Å². The summed E-state index contributed by atoms with van der Waals surface area (Å²) in [6, 6.07) is 12.7. The van der Waals surface area contributed by atoms with E-state index in [9.17, 15) is 26.3 Å². The molecule has 1 unspecified atom stereocenters. The molecule has 0 radical (unpaired) electrons. The standard InChI is InChI=1S/C18H9F6PSe/c19-11-8-4-5-9-12(11)25(26,10-6-2-1-3-7-10)18-16(23)14(21)13(20)15(22)17(18)24/h1-9H. The Kier molecular flexibility index (Phi) is 5.16. The van der Waals surface area contributed by atoms with E-state index in [2.05, 4.69) is 15.1 Å². The summed E-state index contributed by atoms with van der Waals surface area (Å²) in [4.78, 5) is 0. The molecule has 0 aliphatic carbocycles. The summed E-state index contributed by atoms with van der Waals surface area (Å²) >= 11 is 2.57. The molecule has 0 amide bonds. The van der Waals surface area contributed by atoms with Crippen molar-refractivity contribution in [2.45, 2.75) is 0 Å². The Bertz CT molecular complexity index is 1010. The SMILES string of the molecule is Fc1ccccc1P(=[Se])(c1ccccc1)c1c(F)c(F)c(F)c(F)c1F. The fourth-order valence-electron chi connectivity index (χ4n) is 2.60. The normalized spacial score (nSPS) is 13.5. The second-order valence-corrected chi connectivity index (χ2v) is 11.4. The molecule has 26 heavy (non-hydrogen) atoms. The van der Waals surface area contributed by atoms with E-state index in [1.807, 2.05) is 0 Å². The molecule has 0 nitrogen and oxygen atoms in total. The van der Waals surface area contributed by atoms with E-state index in [0.717, 1.165) is 6.07 Å². The molecule has 0 aliphatic heterocycles. The van der Waals surface area contributed by atoms with Crippen LogP contribution >= 0.6 is 5.51 Å². The van der Waals surface area contributed by atoms with Gasteiger partial charge in [-0.1, -0.05) is 0 Å². The van der Waals surface area contributed by atoms with Crippen molar-refractivity contribution in [1.82, 2.24) is 0 Å². The van der Waals surface area contributed by atoms with Gasteiger partial charge in [-0.15, -0.1) is 0 Å². The van der Waals surface area contributed by atoms with Crippen LogP contribution in [-0.2, 0) is 0 Å². The molecule has 3 aromatic rings. The number of halogens is 6. The molecule has 0 spiro atoms. The van der Waals surface area contributed by atoms with Crippen molar-refractivity contribution in [3.05, 3.63) is 89.5 Å². The third kappa shape index (κ3) is 2.84. The predicted octanol–water partition coefficient (Wildman–Crippen LogP) is 3.90. The van der Waals surface area contributed by atoms with Crippen LogP contribution in [0.2, 0.25) is 0 Å². The number of hydrogen-bond acceptors (Lipinski definition) is 0. The zero-order valence-electron chi connectivity index (χ0n) is 12.8. The van der Waals surface area contributed by atoms with Gasteiger partial charge in [-0.05, 0) is 0 Å². The van der Waals surface area contributed by atoms with E-state index >= 15 is 0 Å². The molecule has 0 fully saturated rings. The predicted molar refractivity (Wildman–Crippen MR) is 90.7 cm³/mol. The van der Waals surface area contributed by atoms with Crippen molar-refractivity contribution in [3.63, 3.8) is 0 Å². The zero-order chi connectivity index (χ0) is 19.1. The van der Waals surface area contributed by atoms with E-state index in [-0.39, 0.29) is 10.6 Å². The van der Waals surface area contributed by atoms with Gasteiger partial charge in [-0.3, -0.25) is 0 Å². The van der Waals surface area contributed by atoms with Gasteiger partial charge in [0, 0.05) is 0 Å². The molecular formula is C18H9F6PSe. The number of hydrogen-bond donors (Lipinski definition) is 0. The van der Waals surface area contributed by atoms with Gasteiger partial charge in [0.25, 0.3) is 0 Å². The molecule has 0 saturated carbocycles. The van der Waals surface area contributed by atoms with Gasteiger partial charge in [0.2, 0.25) is 0 Å². The molecular weight excluding hydrogens is 440 g/mol. The van der Waals surface area contributed by atoms with Crippen molar-refractivity contribution < 1.29 is 26.3 Å². The monoisotopic (exact) mass is 450 g/mol. The molecule has 0 heterocycles. The summed E-state index contributed by atoms with van der Waals surface area (Å²) in [5.41, 5.74) is -3.61. The Morgan fingerprint density at radius 1 is 0.577 bits per heavy atom. The zero-order valence-corrected chi connectivity index (χ0v) is 15.4. The summed E-state index contributed by atoms with van der Waals surface area (Å²) in [5, 5.41) is -0.979.